The maximum Gasteiger partial charge on any atom is 0.0434 e. The zero-order valence-corrected chi connectivity index (χ0v) is 20.9. The molecule has 176 valence electrons. The molecule has 1 aromatic heterocycles. The van der Waals surface area contributed by atoms with Crippen LogP contribution in [0.25, 0.3) is 0 Å². The van der Waals surface area contributed by atoms with Crippen LogP contribution in [-0.2, 0) is 0 Å². The van der Waals surface area contributed by atoms with Gasteiger partial charge in [-0.3, -0.25) is 4.98 Å². The number of pyridine rings is 1. The van der Waals surface area contributed by atoms with Crippen LogP contribution in [0.15, 0.2) is 18.3 Å². The van der Waals surface area contributed by atoms with Gasteiger partial charge in [-0.2, -0.15) is 0 Å². The summed E-state index contributed by atoms with van der Waals surface area (Å²) in [7, 11) is 0. The van der Waals surface area contributed by atoms with E-state index in [0.29, 0.717) is 0 Å². The van der Waals surface area contributed by atoms with Crippen LogP contribution in [0.2, 0.25) is 0 Å². The normalized spacial score (nSPS) is 26.8. The molecule has 2 aliphatic carbocycles. The minimum atomic E-state index is 0.726. The minimum absolute atomic E-state index is 0.726. The average Bonchev–Trinajstić information content (AvgIpc) is 2.82. The smallest absolute Gasteiger partial charge is 0.0434 e. The Labute approximate surface area is 194 Å². The first-order valence-corrected chi connectivity index (χ1v) is 14.3. The summed E-state index contributed by atoms with van der Waals surface area (Å²) in [6.45, 7) is 4.62. The van der Waals surface area contributed by atoms with E-state index >= 15 is 0 Å². The van der Waals surface area contributed by atoms with Gasteiger partial charge in [0.15, 0.2) is 0 Å². The van der Waals surface area contributed by atoms with Crippen LogP contribution in [0.3, 0.4) is 0 Å². The Balaban J connectivity index is 1.34. The summed E-state index contributed by atoms with van der Waals surface area (Å²) in [5, 5.41) is 0. The molecule has 0 saturated heterocycles. The highest BCUT2D eigenvalue weighted by Crippen LogP contribution is 2.40. The quantitative estimate of drug-likeness (QED) is 0.286. The monoisotopic (exact) mass is 425 g/mol. The van der Waals surface area contributed by atoms with Gasteiger partial charge in [0.25, 0.3) is 0 Å². The molecular formula is C30H51N. The van der Waals surface area contributed by atoms with Crippen molar-refractivity contribution in [2.45, 2.75) is 148 Å². The maximum atomic E-state index is 4.98. The van der Waals surface area contributed by atoms with Gasteiger partial charge in [0, 0.05) is 17.8 Å². The Morgan fingerprint density at radius 2 is 1.13 bits per heavy atom. The lowest BCUT2D eigenvalue weighted by Crippen LogP contribution is -2.15. The lowest BCUT2D eigenvalue weighted by atomic mass is 9.76. The molecule has 0 aliphatic heterocycles. The Hall–Kier alpha value is -0.850. The third kappa shape index (κ3) is 8.54. The summed E-state index contributed by atoms with van der Waals surface area (Å²) in [4.78, 5) is 4.98. The molecule has 1 aromatic rings. The van der Waals surface area contributed by atoms with Crippen molar-refractivity contribution in [3.05, 3.63) is 29.6 Å². The second-order valence-electron chi connectivity index (χ2n) is 11.0. The van der Waals surface area contributed by atoms with E-state index in [1.54, 1.807) is 0 Å². The van der Waals surface area contributed by atoms with Gasteiger partial charge in [-0.1, -0.05) is 90.5 Å². The first-order chi connectivity index (χ1) is 15.3. The minimum Gasteiger partial charge on any atom is -0.261 e. The predicted molar refractivity (Wildman–Crippen MR) is 136 cm³/mol. The molecule has 1 nitrogen and oxygen atoms in total. The zero-order chi connectivity index (χ0) is 21.7. The molecule has 0 radical (unpaired) electrons. The Morgan fingerprint density at radius 1 is 0.613 bits per heavy atom. The molecule has 0 atom stereocenters. The molecule has 0 aromatic carbocycles. The van der Waals surface area contributed by atoms with Crippen LogP contribution >= 0.6 is 0 Å². The Kier molecular flexibility index (Phi) is 11.5. The molecule has 0 amide bonds. The fraction of sp³-hybridized carbons (Fsp3) is 0.833. The number of nitrogens with zero attached hydrogens (tertiary/aromatic N) is 1. The first-order valence-electron chi connectivity index (χ1n) is 14.3. The standard InChI is InChI=1S/C30H51N/c1-3-5-7-8-9-11-13-26-14-18-27(19-15-26)29-22-23-30(31-24-29)28-20-16-25(17-21-28)12-10-6-4-2/h22-28H,3-21H2,1-2H3. The molecule has 1 heterocycles. The number of hydrogen-bond donors (Lipinski definition) is 0. The van der Waals surface area contributed by atoms with E-state index in [2.05, 4.69) is 32.2 Å². The van der Waals surface area contributed by atoms with Crippen molar-refractivity contribution >= 4 is 0 Å². The van der Waals surface area contributed by atoms with Crippen molar-refractivity contribution in [3.8, 4) is 0 Å². The van der Waals surface area contributed by atoms with E-state index in [4.69, 9.17) is 4.98 Å². The Bertz CT molecular complexity index is 561. The topological polar surface area (TPSA) is 12.9 Å². The van der Waals surface area contributed by atoms with E-state index < -0.39 is 0 Å². The molecule has 0 unspecified atom stereocenters. The lowest BCUT2D eigenvalue weighted by Gasteiger charge is -2.30. The van der Waals surface area contributed by atoms with Gasteiger partial charge in [0.1, 0.15) is 0 Å². The van der Waals surface area contributed by atoms with Crippen LogP contribution in [-0.4, -0.2) is 4.98 Å². The lowest BCUT2D eigenvalue weighted by molar-refractivity contribution is 0.298. The second kappa shape index (κ2) is 14.3. The largest absolute Gasteiger partial charge is 0.261 e. The van der Waals surface area contributed by atoms with Crippen molar-refractivity contribution in [2.75, 3.05) is 0 Å². The second-order valence-corrected chi connectivity index (χ2v) is 11.0. The van der Waals surface area contributed by atoms with E-state index in [1.807, 2.05) is 0 Å². The maximum absolute atomic E-state index is 4.98. The molecule has 2 aliphatic rings. The van der Waals surface area contributed by atoms with Crippen molar-refractivity contribution < 1.29 is 0 Å². The summed E-state index contributed by atoms with van der Waals surface area (Å²) < 4.78 is 0. The highest BCUT2D eigenvalue weighted by molar-refractivity contribution is 5.21. The van der Waals surface area contributed by atoms with Crippen LogP contribution in [0.4, 0.5) is 0 Å². The third-order valence-corrected chi connectivity index (χ3v) is 8.57. The number of hydrogen-bond acceptors (Lipinski definition) is 1. The predicted octanol–water partition coefficient (Wildman–Crippen LogP) is 9.96. The highest BCUT2D eigenvalue weighted by Gasteiger charge is 2.25. The van der Waals surface area contributed by atoms with Crippen LogP contribution in [0, 0.1) is 11.8 Å². The van der Waals surface area contributed by atoms with Gasteiger partial charge >= 0.3 is 0 Å². The average molecular weight is 426 g/mol. The van der Waals surface area contributed by atoms with Gasteiger partial charge in [-0.05, 0) is 80.8 Å². The van der Waals surface area contributed by atoms with E-state index in [0.717, 1.165) is 23.7 Å². The summed E-state index contributed by atoms with van der Waals surface area (Å²) in [5.41, 5.74) is 2.91. The molecule has 2 saturated carbocycles. The van der Waals surface area contributed by atoms with Crippen LogP contribution in [0.5, 0.6) is 0 Å². The zero-order valence-electron chi connectivity index (χ0n) is 20.9. The summed E-state index contributed by atoms with van der Waals surface area (Å²) in [6.07, 6.45) is 29.3. The van der Waals surface area contributed by atoms with Crippen molar-refractivity contribution in [2.24, 2.45) is 11.8 Å². The molecule has 3 rings (SSSR count). The summed E-state index contributed by atoms with van der Waals surface area (Å²) in [5.74, 6) is 3.50. The molecule has 0 N–H and O–H groups in total. The molecule has 31 heavy (non-hydrogen) atoms. The van der Waals surface area contributed by atoms with E-state index in [-0.39, 0.29) is 0 Å². The van der Waals surface area contributed by atoms with Crippen LogP contribution < -0.4 is 0 Å². The third-order valence-electron chi connectivity index (χ3n) is 8.57. The van der Waals surface area contributed by atoms with E-state index in [1.165, 1.54) is 133 Å². The van der Waals surface area contributed by atoms with Crippen molar-refractivity contribution in [1.82, 2.24) is 4.98 Å². The van der Waals surface area contributed by atoms with Crippen molar-refractivity contribution in [3.63, 3.8) is 0 Å². The first kappa shape index (κ1) is 24.8. The number of unbranched alkanes of at least 4 members (excludes halogenated alkanes) is 7. The molecule has 2 fully saturated rings. The van der Waals surface area contributed by atoms with Crippen LogP contribution in [0.1, 0.15) is 159 Å². The van der Waals surface area contributed by atoms with E-state index in [9.17, 15) is 0 Å². The fourth-order valence-corrected chi connectivity index (χ4v) is 6.33. The fourth-order valence-electron chi connectivity index (χ4n) is 6.33. The molecule has 0 spiro atoms. The molecule has 0 bridgehead atoms. The summed E-state index contributed by atoms with van der Waals surface area (Å²) >= 11 is 0. The summed E-state index contributed by atoms with van der Waals surface area (Å²) in [6, 6.07) is 4.83. The van der Waals surface area contributed by atoms with Crippen molar-refractivity contribution in [1.29, 1.82) is 0 Å². The molecular weight excluding hydrogens is 374 g/mol. The Morgan fingerprint density at radius 3 is 1.71 bits per heavy atom. The number of aromatic nitrogens is 1. The van der Waals surface area contributed by atoms with Gasteiger partial charge in [0.05, 0.1) is 0 Å². The molecule has 1 heteroatoms. The van der Waals surface area contributed by atoms with Gasteiger partial charge < -0.3 is 0 Å². The van der Waals surface area contributed by atoms with Gasteiger partial charge in [0.2, 0.25) is 0 Å². The van der Waals surface area contributed by atoms with Gasteiger partial charge in [-0.25, -0.2) is 0 Å². The SMILES string of the molecule is CCCCCCCCC1CCC(c2ccc(C3CCC(CCCCC)CC3)nc2)CC1. The van der Waals surface area contributed by atoms with Gasteiger partial charge in [-0.15, -0.1) is 0 Å². The highest BCUT2D eigenvalue weighted by atomic mass is 14.7. The number of rotatable bonds is 13.